The van der Waals surface area contributed by atoms with E-state index in [1.807, 2.05) is 30.3 Å². The number of carbonyl (C=O) groups is 2. The number of ether oxygens (including phenoxy) is 1. The number of hydrogen-bond donors (Lipinski definition) is 1. The van der Waals surface area contributed by atoms with Gasteiger partial charge in [0.05, 0.1) is 16.3 Å². The summed E-state index contributed by atoms with van der Waals surface area (Å²) in [6.07, 6.45) is 0. The topological polar surface area (TPSA) is 58.6 Å². The summed E-state index contributed by atoms with van der Waals surface area (Å²) in [5.74, 6) is -0.154. The van der Waals surface area contributed by atoms with Gasteiger partial charge < -0.3 is 15.0 Å². The average Bonchev–Trinajstić information content (AvgIpc) is 2.77. The van der Waals surface area contributed by atoms with Crippen LogP contribution in [0.3, 0.4) is 0 Å². The Labute approximate surface area is 188 Å². The minimum Gasteiger partial charge on any atom is -0.482 e. The van der Waals surface area contributed by atoms with Crippen LogP contribution in [0.2, 0.25) is 5.02 Å². The maximum atomic E-state index is 12.7. The Hall–Kier alpha value is -2.83. The van der Waals surface area contributed by atoms with Crippen molar-refractivity contribution in [2.45, 2.75) is 6.54 Å². The fraction of sp³-hybridized carbons (Fsp3) is 0.130. The van der Waals surface area contributed by atoms with Crippen LogP contribution in [0.4, 0.5) is 5.69 Å². The quantitative estimate of drug-likeness (QED) is 0.506. The Kier molecular flexibility index (Phi) is 7.49. The molecule has 154 valence electrons. The molecular weight excluding hydrogens is 468 g/mol. The van der Waals surface area contributed by atoms with E-state index >= 15 is 0 Å². The minimum absolute atomic E-state index is 0.210. The van der Waals surface area contributed by atoms with E-state index in [0.29, 0.717) is 28.6 Å². The average molecular weight is 488 g/mol. The first-order chi connectivity index (χ1) is 14.5. The van der Waals surface area contributed by atoms with Crippen LogP contribution in [-0.2, 0) is 11.3 Å². The molecule has 2 amide bonds. The van der Waals surface area contributed by atoms with E-state index in [1.165, 1.54) is 4.90 Å². The van der Waals surface area contributed by atoms with Crippen LogP contribution >= 0.6 is 27.5 Å². The molecule has 0 atom stereocenters. The summed E-state index contributed by atoms with van der Waals surface area (Å²) >= 11 is 9.45. The van der Waals surface area contributed by atoms with Crippen molar-refractivity contribution in [3.05, 3.63) is 93.4 Å². The second kappa shape index (κ2) is 10.3. The number of nitrogens with zero attached hydrogens (tertiary/aromatic N) is 1. The molecule has 0 radical (unpaired) electrons. The number of anilines is 1. The predicted molar refractivity (Wildman–Crippen MR) is 122 cm³/mol. The third-order valence-electron chi connectivity index (χ3n) is 4.43. The highest BCUT2D eigenvalue weighted by molar-refractivity contribution is 9.10. The van der Waals surface area contributed by atoms with E-state index in [-0.39, 0.29) is 18.4 Å². The summed E-state index contributed by atoms with van der Waals surface area (Å²) < 4.78 is 6.38. The standard InChI is InChI=1S/C23H20BrClN2O3/c1-27(22(28)15-30-21-12-11-17(24)13-19(21)25)20-10-6-5-9-18(20)23(29)26-14-16-7-3-2-4-8-16/h2-13H,14-15H2,1H3,(H,26,29). The van der Waals surface area contributed by atoms with Crippen LogP contribution in [-0.4, -0.2) is 25.5 Å². The van der Waals surface area contributed by atoms with E-state index < -0.39 is 0 Å². The van der Waals surface area contributed by atoms with Gasteiger partial charge in [0.15, 0.2) is 6.61 Å². The maximum Gasteiger partial charge on any atom is 0.264 e. The van der Waals surface area contributed by atoms with Crippen molar-refractivity contribution in [1.82, 2.24) is 5.32 Å². The van der Waals surface area contributed by atoms with Gasteiger partial charge in [-0.1, -0.05) is 70.0 Å². The van der Waals surface area contributed by atoms with E-state index in [0.717, 1.165) is 10.0 Å². The molecular formula is C23H20BrClN2O3. The molecule has 0 bridgehead atoms. The molecule has 5 nitrogen and oxygen atoms in total. The Morgan fingerprint density at radius 1 is 1.03 bits per heavy atom. The first kappa shape index (κ1) is 21.9. The molecule has 30 heavy (non-hydrogen) atoms. The van der Waals surface area contributed by atoms with Gasteiger partial charge in [0.2, 0.25) is 0 Å². The Morgan fingerprint density at radius 3 is 2.47 bits per heavy atom. The Morgan fingerprint density at radius 2 is 1.73 bits per heavy atom. The molecule has 0 unspecified atom stereocenters. The summed E-state index contributed by atoms with van der Waals surface area (Å²) in [7, 11) is 1.61. The zero-order valence-electron chi connectivity index (χ0n) is 16.3. The number of para-hydroxylation sites is 1. The molecule has 0 saturated carbocycles. The van der Waals surface area contributed by atoms with Crippen LogP contribution in [0.5, 0.6) is 5.75 Å². The first-order valence-corrected chi connectivity index (χ1v) is 10.4. The van der Waals surface area contributed by atoms with Gasteiger partial charge >= 0.3 is 0 Å². The molecule has 3 rings (SSSR count). The second-order valence-electron chi connectivity index (χ2n) is 6.50. The Balaban J connectivity index is 1.67. The Bertz CT molecular complexity index is 1040. The van der Waals surface area contributed by atoms with Crippen LogP contribution < -0.4 is 15.0 Å². The lowest BCUT2D eigenvalue weighted by atomic mass is 10.1. The molecule has 3 aromatic carbocycles. The molecule has 0 fully saturated rings. The molecule has 7 heteroatoms. The number of likely N-dealkylation sites (N-methyl/N-ethyl adjacent to an activating group) is 1. The lowest BCUT2D eigenvalue weighted by Crippen LogP contribution is -2.33. The van der Waals surface area contributed by atoms with Gasteiger partial charge in [-0.05, 0) is 35.9 Å². The van der Waals surface area contributed by atoms with E-state index in [4.69, 9.17) is 16.3 Å². The first-order valence-electron chi connectivity index (χ1n) is 9.21. The molecule has 0 aromatic heterocycles. The monoisotopic (exact) mass is 486 g/mol. The highest BCUT2D eigenvalue weighted by Gasteiger charge is 2.19. The summed E-state index contributed by atoms with van der Waals surface area (Å²) in [5, 5.41) is 3.29. The minimum atomic E-state index is -0.308. The van der Waals surface area contributed by atoms with Crippen LogP contribution in [0, 0.1) is 0 Å². The number of halogens is 2. The van der Waals surface area contributed by atoms with Gasteiger partial charge in [-0.3, -0.25) is 9.59 Å². The van der Waals surface area contributed by atoms with Crippen molar-refractivity contribution >= 4 is 45.0 Å². The van der Waals surface area contributed by atoms with Gasteiger partial charge in [-0.2, -0.15) is 0 Å². The maximum absolute atomic E-state index is 12.7. The molecule has 3 aromatic rings. The van der Waals surface area contributed by atoms with Gasteiger partial charge in [0.1, 0.15) is 5.75 Å². The largest absolute Gasteiger partial charge is 0.482 e. The number of benzene rings is 3. The van der Waals surface area contributed by atoms with E-state index in [2.05, 4.69) is 21.2 Å². The van der Waals surface area contributed by atoms with Crippen molar-refractivity contribution in [3.8, 4) is 5.75 Å². The molecule has 0 aliphatic rings. The fourth-order valence-electron chi connectivity index (χ4n) is 2.79. The zero-order valence-corrected chi connectivity index (χ0v) is 18.6. The molecule has 0 saturated heterocycles. The van der Waals surface area contributed by atoms with Crippen molar-refractivity contribution in [2.75, 3.05) is 18.6 Å². The second-order valence-corrected chi connectivity index (χ2v) is 7.82. The molecule has 0 heterocycles. The molecule has 0 aliphatic carbocycles. The third kappa shape index (κ3) is 5.62. The molecule has 0 aliphatic heterocycles. The number of amides is 2. The van der Waals surface area contributed by atoms with Crippen LogP contribution in [0.15, 0.2) is 77.3 Å². The van der Waals surface area contributed by atoms with Crippen molar-refractivity contribution in [3.63, 3.8) is 0 Å². The van der Waals surface area contributed by atoms with Gasteiger partial charge in [-0.15, -0.1) is 0 Å². The fourth-order valence-corrected chi connectivity index (χ4v) is 3.52. The summed E-state index contributed by atoms with van der Waals surface area (Å²) in [4.78, 5) is 26.8. The lowest BCUT2D eigenvalue weighted by molar-refractivity contribution is -0.120. The lowest BCUT2D eigenvalue weighted by Gasteiger charge is -2.21. The molecule has 1 N–H and O–H groups in total. The number of carbonyl (C=O) groups excluding carboxylic acids is 2. The van der Waals surface area contributed by atoms with Crippen molar-refractivity contribution < 1.29 is 14.3 Å². The van der Waals surface area contributed by atoms with E-state index in [1.54, 1.807) is 49.5 Å². The predicted octanol–water partition coefficient (Wildman–Crippen LogP) is 5.07. The summed E-state index contributed by atoms with van der Waals surface area (Å²) in [6, 6.07) is 21.7. The van der Waals surface area contributed by atoms with Crippen LogP contribution in [0.1, 0.15) is 15.9 Å². The summed E-state index contributed by atoms with van der Waals surface area (Å²) in [5.41, 5.74) is 1.90. The van der Waals surface area contributed by atoms with Gasteiger partial charge in [0, 0.05) is 18.1 Å². The highest BCUT2D eigenvalue weighted by atomic mass is 79.9. The van der Waals surface area contributed by atoms with E-state index in [9.17, 15) is 9.59 Å². The van der Waals surface area contributed by atoms with Crippen molar-refractivity contribution in [2.24, 2.45) is 0 Å². The number of rotatable bonds is 7. The number of nitrogens with one attached hydrogen (secondary N) is 1. The highest BCUT2D eigenvalue weighted by Crippen LogP contribution is 2.28. The summed E-state index contributed by atoms with van der Waals surface area (Å²) in [6.45, 7) is 0.189. The third-order valence-corrected chi connectivity index (χ3v) is 5.21. The SMILES string of the molecule is CN(C(=O)COc1ccc(Br)cc1Cl)c1ccccc1C(=O)NCc1ccccc1. The smallest absolute Gasteiger partial charge is 0.264 e. The molecule has 0 spiro atoms. The van der Waals surface area contributed by atoms with Crippen molar-refractivity contribution in [1.29, 1.82) is 0 Å². The van der Waals surface area contributed by atoms with Gasteiger partial charge in [-0.25, -0.2) is 0 Å². The zero-order chi connectivity index (χ0) is 21.5. The number of hydrogen-bond acceptors (Lipinski definition) is 3. The normalized spacial score (nSPS) is 10.4. The van der Waals surface area contributed by atoms with Crippen LogP contribution in [0.25, 0.3) is 0 Å². The van der Waals surface area contributed by atoms with Gasteiger partial charge in [0.25, 0.3) is 11.8 Å².